The zero-order valence-corrected chi connectivity index (χ0v) is 13.2. The molecule has 1 rings (SSSR count). The Balaban J connectivity index is 2.92. The molecule has 114 valence electrons. The Morgan fingerprint density at radius 3 is 2.30 bits per heavy atom. The first-order valence-corrected chi connectivity index (χ1v) is 9.14. The van der Waals surface area contributed by atoms with Gasteiger partial charge in [-0.15, -0.1) is 0 Å². The number of nitriles is 1. The molecule has 1 heterocycles. The lowest BCUT2D eigenvalue weighted by atomic mass is 9.79. The van der Waals surface area contributed by atoms with E-state index in [1.807, 2.05) is 13.8 Å². The SMILES string of the molecule is CCCC(C#N)(CCC)C(=O)N1CCCS(=O)(=O)CC1. The Hall–Kier alpha value is -1.09. The van der Waals surface area contributed by atoms with Crippen LogP contribution < -0.4 is 0 Å². The lowest BCUT2D eigenvalue weighted by molar-refractivity contribution is -0.139. The Labute approximate surface area is 121 Å². The highest BCUT2D eigenvalue weighted by Gasteiger charge is 2.40. The molecule has 1 fully saturated rings. The van der Waals surface area contributed by atoms with Crippen LogP contribution in [-0.2, 0) is 14.6 Å². The third-order valence-electron chi connectivity index (χ3n) is 3.82. The molecule has 0 unspecified atom stereocenters. The highest BCUT2D eigenvalue weighted by atomic mass is 32.2. The largest absolute Gasteiger partial charge is 0.340 e. The number of carbonyl (C=O) groups is 1. The van der Waals surface area contributed by atoms with E-state index in [2.05, 4.69) is 6.07 Å². The third-order valence-corrected chi connectivity index (χ3v) is 5.54. The molecule has 1 aliphatic rings. The number of sulfone groups is 1. The topological polar surface area (TPSA) is 78.2 Å². The van der Waals surface area contributed by atoms with Gasteiger partial charge in [-0.2, -0.15) is 5.26 Å². The molecular weight excluding hydrogens is 276 g/mol. The predicted octanol–water partition coefficient (Wildman–Crippen LogP) is 1.74. The van der Waals surface area contributed by atoms with Gasteiger partial charge in [-0.1, -0.05) is 26.7 Å². The van der Waals surface area contributed by atoms with Gasteiger partial charge < -0.3 is 4.90 Å². The zero-order chi connectivity index (χ0) is 15.2. The third kappa shape index (κ3) is 3.95. The zero-order valence-electron chi connectivity index (χ0n) is 12.4. The molecule has 0 aromatic carbocycles. The van der Waals surface area contributed by atoms with Crippen LogP contribution in [0, 0.1) is 16.7 Å². The van der Waals surface area contributed by atoms with E-state index in [0.717, 1.165) is 12.8 Å². The average molecular weight is 300 g/mol. The van der Waals surface area contributed by atoms with Crippen LogP contribution in [0.2, 0.25) is 0 Å². The van der Waals surface area contributed by atoms with Crippen LogP contribution >= 0.6 is 0 Å². The first-order valence-electron chi connectivity index (χ1n) is 7.32. The average Bonchev–Trinajstić information content (AvgIpc) is 2.58. The molecule has 0 bridgehead atoms. The van der Waals surface area contributed by atoms with Crippen LogP contribution in [0.25, 0.3) is 0 Å². The summed E-state index contributed by atoms with van der Waals surface area (Å²) >= 11 is 0. The standard InChI is InChI=1S/C14H24N2O3S/c1-3-6-14(12-15,7-4-2)13(17)16-8-5-10-20(18,19)11-9-16/h3-11H2,1-2H3. The quantitative estimate of drug-likeness (QED) is 0.775. The van der Waals surface area contributed by atoms with Crippen molar-refractivity contribution in [2.24, 2.45) is 5.41 Å². The highest BCUT2D eigenvalue weighted by Crippen LogP contribution is 2.32. The van der Waals surface area contributed by atoms with Crippen LogP contribution in [-0.4, -0.2) is 43.8 Å². The van der Waals surface area contributed by atoms with E-state index >= 15 is 0 Å². The van der Waals surface area contributed by atoms with Crippen molar-refractivity contribution in [2.45, 2.75) is 46.0 Å². The minimum absolute atomic E-state index is 0.0124. The van der Waals surface area contributed by atoms with Crippen molar-refractivity contribution in [3.8, 4) is 6.07 Å². The molecular formula is C14H24N2O3S. The molecule has 5 nitrogen and oxygen atoms in total. The van der Waals surface area contributed by atoms with E-state index < -0.39 is 15.3 Å². The lowest BCUT2D eigenvalue weighted by Gasteiger charge is -2.31. The monoisotopic (exact) mass is 300 g/mol. The van der Waals surface area contributed by atoms with Crippen molar-refractivity contribution >= 4 is 15.7 Å². The van der Waals surface area contributed by atoms with Crippen LogP contribution in [0.4, 0.5) is 0 Å². The summed E-state index contributed by atoms with van der Waals surface area (Å²) in [5, 5.41) is 9.50. The van der Waals surface area contributed by atoms with E-state index in [1.165, 1.54) is 0 Å². The summed E-state index contributed by atoms with van der Waals surface area (Å²) < 4.78 is 23.2. The molecule has 0 spiro atoms. The first-order chi connectivity index (χ1) is 9.40. The fourth-order valence-corrected chi connectivity index (χ4v) is 4.07. The summed E-state index contributed by atoms with van der Waals surface area (Å²) in [6.45, 7) is 4.58. The fourth-order valence-electron chi connectivity index (χ4n) is 2.80. The Morgan fingerprint density at radius 1 is 1.20 bits per heavy atom. The summed E-state index contributed by atoms with van der Waals surface area (Å²) in [4.78, 5) is 14.3. The minimum Gasteiger partial charge on any atom is -0.340 e. The number of carbonyl (C=O) groups excluding carboxylic acids is 1. The van der Waals surface area contributed by atoms with Gasteiger partial charge in [0.15, 0.2) is 9.84 Å². The van der Waals surface area contributed by atoms with Crippen molar-refractivity contribution < 1.29 is 13.2 Å². The molecule has 6 heteroatoms. The summed E-state index contributed by atoms with van der Waals surface area (Å²) in [6, 6.07) is 2.21. The molecule has 1 saturated heterocycles. The van der Waals surface area contributed by atoms with Gasteiger partial charge in [-0.05, 0) is 19.3 Å². The molecule has 0 saturated carbocycles. The van der Waals surface area contributed by atoms with Crippen molar-refractivity contribution in [3.05, 3.63) is 0 Å². The molecule has 1 aliphatic heterocycles. The molecule has 0 aromatic rings. The summed E-state index contributed by atoms with van der Waals surface area (Å²) in [7, 11) is -3.04. The summed E-state index contributed by atoms with van der Waals surface area (Å²) in [5.41, 5.74) is -0.975. The van der Waals surface area contributed by atoms with E-state index in [-0.39, 0.29) is 24.0 Å². The molecule has 1 amide bonds. The lowest BCUT2D eigenvalue weighted by Crippen LogP contribution is -2.44. The second-order valence-electron chi connectivity index (χ2n) is 5.49. The smallest absolute Gasteiger partial charge is 0.243 e. The predicted molar refractivity (Wildman–Crippen MR) is 77.7 cm³/mol. The number of rotatable bonds is 5. The minimum atomic E-state index is -3.04. The molecule has 0 N–H and O–H groups in total. The van der Waals surface area contributed by atoms with E-state index in [1.54, 1.807) is 4.90 Å². The van der Waals surface area contributed by atoms with Gasteiger partial charge in [-0.3, -0.25) is 4.79 Å². The molecule has 20 heavy (non-hydrogen) atoms. The van der Waals surface area contributed by atoms with E-state index in [4.69, 9.17) is 0 Å². The summed E-state index contributed by atoms with van der Waals surface area (Å²) in [5.74, 6) is -0.0306. The van der Waals surface area contributed by atoms with Gasteiger partial charge in [0.2, 0.25) is 5.91 Å². The fraction of sp³-hybridized carbons (Fsp3) is 0.857. The van der Waals surface area contributed by atoms with Crippen LogP contribution in [0.1, 0.15) is 46.0 Å². The maximum Gasteiger partial charge on any atom is 0.243 e. The van der Waals surface area contributed by atoms with E-state index in [0.29, 0.717) is 25.8 Å². The molecule has 0 atom stereocenters. The number of hydrogen-bond donors (Lipinski definition) is 0. The van der Waals surface area contributed by atoms with E-state index in [9.17, 15) is 18.5 Å². The van der Waals surface area contributed by atoms with Crippen LogP contribution in [0.5, 0.6) is 0 Å². The van der Waals surface area contributed by atoms with Gasteiger partial charge in [0.25, 0.3) is 0 Å². The second-order valence-corrected chi connectivity index (χ2v) is 7.80. The van der Waals surface area contributed by atoms with Crippen LogP contribution in [0.3, 0.4) is 0 Å². The Bertz CT molecular complexity index is 473. The second kappa shape index (κ2) is 7.07. The van der Waals surface area contributed by atoms with Gasteiger partial charge in [0.05, 0.1) is 17.6 Å². The van der Waals surface area contributed by atoms with Gasteiger partial charge >= 0.3 is 0 Å². The number of hydrogen-bond acceptors (Lipinski definition) is 4. The van der Waals surface area contributed by atoms with Crippen molar-refractivity contribution in [3.63, 3.8) is 0 Å². The van der Waals surface area contributed by atoms with Crippen LogP contribution in [0.15, 0.2) is 0 Å². The van der Waals surface area contributed by atoms with Crippen molar-refractivity contribution in [1.29, 1.82) is 5.26 Å². The van der Waals surface area contributed by atoms with Crippen molar-refractivity contribution in [2.75, 3.05) is 24.6 Å². The first kappa shape index (κ1) is 17.0. The maximum atomic E-state index is 12.7. The molecule has 0 aliphatic carbocycles. The Morgan fingerprint density at radius 2 is 1.80 bits per heavy atom. The van der Waals surface area contributed by atoms with Crippen molar-refractivity contribution in [1.82, 2.24) is 4.90 Å². The molecule has 0 radical (unpaired) electrons. The summed E-state index contributed by atoms with van der Waals surface area (Å²) in [6.07, 6.45) is 3.09. The molecule has 0 aromatic heterocycles. The normalized spacial score (nSPS) is 19.1. The highest BCUT2D eigenvalue weighted by molar-refractivity contribution is 7.91. The maximum absolute atomic E-state index is 12.7. The number of amides is 1. The van der Waals surface area contributed by atoms with Gasteiger partial charge in [0, 0.05) is 13.1 Å². The Kier molecular flexibility index (Phi) is 6.00. The number of nitrogens with zero attached hydrogens (tertiary/aromatic N) is 2. The van der Waals surface area contributed by atoms with Gasteiger partial charge in [0.1, 0.15) is 5.41 Å². The van der Waals surface area contributed by atoms with Gasteiger partial charge in [-0.25, -0.2) is 8.42 Å².